The lowest BCUT2D eigenvalue weighted by Crippen LogP contribution is -2.24. The van der Waals surface area contributed by atoms with E-state index in [2.05, 4.69) is 4.98 Å². The number of carbonyl (C=O) groups excluding carboxylic acids is 1. The first kappa shape index (κ1) is 9.77. The number of pyridine rings is 1. The van der Waals surface area contributed by atoms with Crippen molar-refractivity contribution in [1.29, 1.82) is 0 Å². The monoisotopic (exact) mass is 175 g/mol. The fourth-order valence-corrected chi connectivity index (χ4v) is 0.932. The van der Waals surface area contributed by atoms with Crippen LogP contribution in [0.1, 0.15) is 10.5 Å². The molecule has 0 spiro atoms. The Bertz CT molecular complexity index is 295. The van der Waals surface area contributed by atoms with Gasteiger partial charge in [0.25, 0.3) is 5.91 Å². The van der Waals surface area contributed by atoms with Gasteiger partial charge in [0.1, 0.15) is 13.0 Å². The molecule has 0 aliphatic heterocycles. The first-order valence-electron chi connectivity index (χ1n) is 4.12. The molecule has 0 N–H and O–H groups in total. The molecule has 1 aromatic rings. The molecule has 0 fully saturated rings. The van der Waals surface area contributed by atoms with Crippen molar-refractivity contribution in [3.63, 3.8) is 0 Å². The van der Waals surface area contributed by atoms with Crippen molar-refractivity contribution >= 4 is 18.6 Å². The molecule has 0 saturated heterocycles. The standard InChI is InChI=1S/C9H12BN2O/c1-10-7-4-5-8(11-6-7)9(13)12(2)3/h4-6H,1-3H3. The molecule has 1 heterocycles. The number of rotatable bonds is 2. The van der Waals surface area contributed by atoms with E-state index in [0.717, 1.165) is 5.46 Å². The number of nitrogens with zero attached hydrogens (tertiary/aromatic N) is 2. The summed E-state index contributed by atoms with van der Waals surface area (Å²) in [6.07, 6.45) is 1.69. The van der Waals surface area contributed by atoms with Gasteiger partial charge in [-0.3, -0.25) is 9.78 Å². The highest BCUT2D eigenvalue weighted by Crippen LogP contribution is 1.95. The van der Waals surface area contributed by atoms with Crippen LogP contribution in [0.5, 0.6) is 0 Å². The van der Waals surface area contributed by atoms with Crippen LogP contribution in [0.3, 0.4) is 0 Å². The summed E-state index contributed by atoms with van der Waals surface area (Å²) in [6.45, 7) is 1.93. The quantitative estimate of drug-likeness (QED) is 0.600. The lowest BCUT2D eigenvalue weighted by Gasteiger charge is -2.08. The van der Waals surface area contributed by atoms with Crippen molar-refractivity contribution in [2.24, 2.45) is 0 Å². The SMILES string of the molecule is C[B]c1ccc(C(=O)N(C)C)nc1. The second-order valence-corrected chi connectivity index (χ2v) is 2.97. The molecule has 0 unspecified atom stereocenters. The third-order valence-electron chi connectivity index (χ3n) is 1.74. The Kier molecular flexibility index (Phi) is 3.06. The van der Waals surface area contributed by atoms with Gasteiger partial charge in [-0.25, -0.2) is 0 Å². The molecule has 1 aromatic heterocycles. The Hall–Kier alpha value is -1.32. The van der Waals surface area contributed by atoms with Gasteiger partial charge < -0.3 is 4.90 Å². The number of hydrogen-bond acceptors (Lipinski definition) is 2. The average molecular weight is 175 g/mol. The van der Waals surface area contributed by atoms with Gasteiger partial charge in [-0.05, 0) is 6.07 Å². The molecular formula is C9H12BN2O. The van der Waals surface area contributed by atoms with Crippen molar-refractivity contribution in [2.75, 3.05) is 14.1 Å². The zero-order chi connectivity index (χ0) is 9.84. The van der Waals surface area contributed by atoms with Gasteiger partial charge >= 0.3 is 0 Å². The molecule has 0 aliphatic rings. The van der Waals surface area contributed by atoms with Crippen LogP contribution in [0.25, 0.3) is 0 Å². The van der Waals surface area contributed by atoms with Crippen LogP contribution in [0, 0.1) is 0 Å². The zero-order valence-electron chi connectivity index (χ0n) is 8.11. The van der Waals surface area contributed by atoms with Gasteiger partial charge in [0.05, 0.1) is 0 Å². The highest BCUT2D eigenvalue weighted by atomic mass is 16.2. The molecule has 1 amide bonds. The summed E-state index contributed by atoms with van der Waals surface area (Å²) >= 11 is 0. The summed E-state index contributed by atoms with van der Waals surface area (Å²) in [5.74, 6) is -0.0670. The fraction of sp³-hybridized carbons (Fsp3) is 0.333. The van der Waals surface area contributed by atoms with E-state index < -0.39 is 0 Å². The van der Waals surface area contributed by atoms with Crippen molar-refractivity contribution in [3.8, 4) is 0 Å². The van der Waals surface area contributed by atoms with Crippen LogP contribution in [-0.2, 0) is 0 Å². The van der Waals surface area contributed by atoms with Gasteiger partial charge in [-0.2, -0.15) is 0 Å². The normalized spacial score (nSPS) is 9.46. The minimum atomic E-state index is -0.0670. The minimum absolute atomic E-state index is 0.0670. The molecular weight excluding hydrogens is 163 g/mol. The smallest absolute Gasteiger partial charge is 0.271 e. The molecule has 0 aliphatic carbocycles. The zero-order valence-corrected chi connectivity index (χ0v) is 8.11. The van der Waals surface area contributed by atoms with E-state index in [0.29, 0.717) is 5.69 Å². The maximum atomic E-state index is 11.4. The predicted octanol–water partition coefficient (Wildman–Crippen LogP) is 0.161. The molecule has 1 radical (unpaired) electrons. The summed E-state index contributed by atoms with van der Waals surface area (Å²) < 4.78 is 0. The first-order chi connectivity index (χ1) is 6.15. The Labute approximate surface area is 79.0 Å². The van der Waals surface area contributed by atoms with E-state index in [1.54, 1.807) is 26.4 Å². The van der Waals surface area contributed by atoms with Crippen molar-refractivity contribution in [2.45, 2.75) is 6.82 Å². The molecule has 0 aromatic carbocycles. The predicted molar refractivity (Wildman–Crippen MR) is 53.5 cm³/mol. The maximum Gasteiger partial charge on any atom is 0.271 e. The second kappa shape index (κ2) is 4.07. The van der Waals surface area contributed by atoms with E-state index in [1.165, 1.54) is 4.90 Å². The lowest BCUT2D eigenvalue weighted by molar-refractivity contribution is 0.0822. The molecule has 0 atom stereocenters. The Morgan fingerprint density at radius 2 is 2.15 bits per heavy atom. The van der Waals surface area contributed by atoms with Gasteiger partial charge in [0.2, 0.25) is 0 Å². The maximum absolute atomic E-state index is 11.4. The number of aromatic nitrogens is 1. The van der Waals surface area contributed by atoms with Crippen LogP contribution < -0.4 is 5.46 Å². The van der Waals surface area contributed by atoms with Gasteiger partial charge in [-0.15, -0.1) is 0 Å². The summed E-state index contributed by atoms with van der Waals surface area (Å²) in [6, 6.07) is 3.61. The van der Waals surface area contributed by atoms with Crippen molar-refractivity contribution < 1.29 is 4.79 Å². The molecule has 4 heteroatoms. The minimum Gasteiger partial charge on any atom is -0.343 e. The molecule has 13 heavy (non-hydrogen) atoms. The van der Waals surface area contributed by atoms with Gasteiger partial charge in [0, 0.05) is 20.3 Å². The summed E-state index contributed by atoms with van der Waals surface area (Å²) in [5.41, 5.74) is 1.51. The van der Waals surface area contributed by atoms with Crippen molar-refractivity contribution in [3.05, 3.63) is 24.0 Å². The molecule has 0 bridgehead atoms. The van der Waals surface area contributed by atoms with Gasteiger partial charge in [0.15, 0.2) is 0 Å². The third kappa shape index (κ3) is 2.31. The van der Waals surface area contributed by atoms with E-state index in [4.69, 9.17) is 0 Å². The lowest BCUT2D eigenvalue weighted by atomic mass is 9.74. The van der Waals surface area contributed by atoms with Crippen LogP contribution in [0.2, 0.25) is 6.82 Å². The Morgan fingerprint density at radius 3 is 2.54 bits per heavy atom. The van der Waals surface area contributed by atoms with Crippen LogP contribution in [-0.4, -0.2) is 37.2 Å². The molecule has 0 saturated carbocycles. The van der Waals surface area contributed by atoms with Gasteiger partial charge in [-0.1, -0.05) is 18.4 Å². The average Bonchev–Trinajstić information content (AvgIpc) is 2.17. The Balaban J connectivity index is 2.86. The van der Waals surface area contributed by atoms with E-state index in [9.17, 15) is 4.79 Å². The highest BCUT2D eigenvalue weighted by molar-refractivity contribution is 6.51. The van der Waals surface area contributed by atoms with Crippen LogP contribution in [0.4, 0.5) is 0 Å². The topological polar surface area (TPSA) is 33.2 Å². The number of amides is 1. The number of carbonyl (C=O) groups is 1. The number of hydrogen-bond donors (Lipinski definition) is 0. The second-order valence-electron chi connectivity index (χ2n) is 2.97. The van der Waals surface area contributed by atoms with Crippen molar-refractivity contribution in [1.82, 2.24) is 9.88 Å². The van der Waals surface area contributed by atoms with E-state index >= 15 is 0 Å². The van der Waals surface area contributed by atoms with Crippen LogP contribution in [0.15, 0.2) is 18.3 Å². The summed E-state index contributed by atoms with van der Waals surface area (Å²) in [4.78, 5) is 17.0. The largest absolute Gasteiger partial charge is 0.343 e. The van der Waals surface area contributed by atoms with E-state index in [1.807, 2.05) is 20.2 Å². The summed E-state index contributed by atoms with van der Waals surface area (Å²) in [5, 5.41) is 0. The van der Waals surface area contributed by atoms with Crippen LogP contribution >= 0.6 is 0 Å². The summed E-state index contributed by atoms with van der Waals surface area (Å²) in [7, 11) is 5.37. The Morgan fingerprint density at radius 1 is 1.46 bits per heavy atom. The highest BCUT2D eigenvalue weighted by Gasteiger charge is 2.08. The molecule has 67 valence electrons. The van der Waals surface area contributed by atoms with E-state index in [-0.39, 0.29) is 5.91 Å². The molecule has 3 nitrogen and oxygen atoms in total. The fourth-order valence-electron chi connectivity index (χ4n) is 0.932. The first-order valence-corrected chi connectivity index (χ1v) is 4.12. The third-order valence-corrected chi connectivity index (χ3v) is 1.74. The molecule has 1 rings (SSSR count).